The van der Waals surface area contributed by atoms with E-state index >= 15 is 0 Å². The number of anilines is 1. The lowest BCUT2D eigenvalue weighted by atomic mass is 10.1. The van der Waals surface area contributed by atoms with Crippen LogP contribution in [0.5, 0.6) is 5.75 Å². The van der Waals surface area contributed by atoms with Crippen LogP contribution in [0.3, 0.4) is 0 Å². The predicted molar refractivity (Wildman–Crippen MR) is 107 cm³/mol. The Morgan fingerprint density at radius 3 is 2.62 bits per heavy atom. The first-order valence-electron chi connectivity index (χ1n) is 8.28. The molecule has 0 radical (unpaired) electrons. The van der Waals surface area contributed by atoms with Crippen molar-refractivity contribution in [2.24, 2.45) is 0 Å². The van der Waals surface area contributed by atoms with Crippen LogP contribution in [0.2, 0.25) is 0 Å². The number of halogens is 1. The number of para-hydroxylation sites is 1. The van der Waals surface area contributed by atoms with Crippen molar-refractivity contribution in [3.05, 3.63) is 58.8 Å². The zero-order chi connectivity index (χ0) is 19.7. The number of carbonyl (C=O) groups excluding carboxylic acids is 1. The Labute approximate surface area is 159 Å². The number of allylic oxidation sites excluding steroid dienone is 3. The number of esters is 1. The summed E-state index contributed by atoms with van der Waals surface area (Å²) in [5, 5.41) is 11.5. The van der Waals surface area contributed by atoms with Crippen LogP contribution >= 0.6 is 11.6 Å². The lowest BCUT2D eigenvalue weighted by molar-refractivity contribution is -0.138. The number of nitrogens with one attached hydrogen (secondary N) is 2. The third kappa shape index (κ3) is 5.77. The molecule has 0 aromatic heterocycles. The number of hydrogen-bond donors (Lipinski definition) is 2. The Kier molecular flexibility index (Phi) is 8.65. The molecular formula is C20H25ClN2O3. The van der Waals surface area contributed by atoms with Crippen LogP contribution < -0.4 is 10.1 Å². The second-order valence-corrected chi connectivity index (χ2v) is 5.83. The van der Waals surface area contributed by atoms with Gasteiger partial charge in [-0.05, 0) is 38.5 Å². The van der Waals surface area contributed by atoms with Gasteiger partial charge in [0.2, 0.25) is 0 Å². The second kappa shape index (κ2) is 10.5. The van der Waals surface area contributed by atoms with Crippen molar-refractivity contribution in [3.63, 3.8) is 0 Å². The topological polar surface area (TPSA) is 71.4 Å². The van der Waals surface area contributed by atoms with E-state index in [1.54, 1.807) is 38.1 Å². The number of methoxy groups -OCH3 is 1. The fraction of sp³-hybridized carbons (Fsp3) is 0.300. The summed E-state index contributed by atoms with van der Waals surface area (Å²) in [6, 6.07) is 5.38. The van der Waals surface area contributed by atoms with E-state index in [1.165, 1.54) is 7.11 Å². The zero-order valence-corrected chi connectivity index (χ0v) is 16.4. The van der Waals surface area contributed by atoms with Crippen LogP contribution in [0.4, 0.5) is 5.69 Å². The van der Waals surface area contributed by atoms with E-state index in [0.29, 0.717) is 33.4 Å². The van der Waals surface area contributed by atoms with Gasteiger partial charge in [-0.2, -0.15) is 0 Å². The first-order chi connectivity index (χ1) is 12.3. The number of benzene rings is 1. The summed E-state index contributed by atoms with van der Waals surface area (Å²) >= 11 is 6.21. The van der Waals surface area contributed by atoms with E-state index in [1.807, 2.05) is 13.0 Å². The zero-order valence-electron chi connectivity index (χ0n) is 15.6. The summed E-state index contributed by atoms with van der Waals surface area (Å²) in [5.41, 5.74) is 2.15. The molecule has 1 rings (SSSR count). The molecular weight excluding hydrogens is 352 g/mol. The maximum Gasteiger partial charge on any atom is 0.339 e. The maximum absolute atomic E-state index is 12.1. The quantitative estimate of drug-likeness (QED) is 0.274. The smallest absolute Gasteiger partial charge is 0.339 e. The first-order valence-corrected chi connectivity index (χ1v) is 8.66. The molecule has 0 bridgehead atoms. The monoisotopic (exact) mass is 376 g/mol. The van der Waals surface area contributed by atoms with Gasteiger partial charge in [0.1, 0.15) is 0 Å². The minimum atomic E-state index is -0.537. The molecule has 0 unspecified atom stereocenters. The minimum Gasteiger partial charge on any atom is -0.494 e. The number of hydrogen-bond acceptors (Lipinski definition) is 5. The third-order valence-corrected chi connectivity index (χ3v) is 3.68. The van der Waals surface area contributed by atoms with Crippen LogP contribution in [0.15, 0.2) is 53.2 Å². The molecule has 0 atom stereocenters. The minimum absolute atomic E-state index is 0.147. The van der Waals surface area contributed by atoms with Gasteiger partial charge in [0.15, 0.2) is 5.75 Å². The van der Waals surface area contributed by atoms with Crippen LogP contribution in [-0.2, 0) is 9.53 Å². The molecule has 0 aliphatic heterocycles. The average molecular weight is 377 g/mol. The SMILES string of the molecule is C=C(C(=O)OCC)/C(=C\C(Cl)=C\CC)Nc1cccc(C(C)=N)c1OC. The van der Waals surface area contributed by atoms with Gasteiger partial charge in [0.05, 0.1) is 30.7 Å². The molecule has 140 valence electrons. The van der Waals surface area contributed by atoms with Crippen molar-refractivity contribution < 1.29 is 14.3 Å². The summed E-state index contributed by atoms with van der Waals surface area (Å²) in [6.45, 7) is 9.43. The molecule has 26 heavy (non-hydrogen) atoms. The van der Waals surface area contributed by atoms with Crippen LogP contribution in [-0.4, -0.2) is 25.4 Å². The van der Waals surface area contributed by atoms with Gasteiger partial charge in [0.25, 0.3) is 0 Å². The Hall–Kier alpha value is -2.53. The van der Waals surface area contributed by atoms with E-state index in [4.69, 9.17) is 26.5 Å². The molecule has 0 spiro atoms. The standard InChI is InChI=1S/C20H25ClN2O3/c1-6-9-15(21)12-18(13(3)20(24)26-7-2)23-17-11-8-10-16(14(4)22)19(17)25-5/h8-12,22-23H,3,6-7H2,1-2,4-5H3/b15-9-,18-12+,22-14?. The molecule has 0 amide bonds. The maximum atomic E-state index is 12.1. The lowest BCUT2D eigenvalue weighted by Crippen LogP contribution is -2.14. The van der Waals surface area contributed by atoms with E-state index in [0.717, 1.165) is 6.42 Å². The average Bonchev–Trinajstić information content (AvgIpc) is 2.60. The van der Waals surface area contributed by atoms with Gasteiger partial charge in [-0.15, -0.1) is 0 Å². The summed E-state index contributed by atoms with van der Waals surface area (Å²) in [6.07, 6.45) is 4.19. The van der Waals surface area contributed by atoms with Crippen LogP contribution in [0.1, 0.15) is 32.8 Å². The number of ether oxygens (including phenoxy) is 2. The Morgan fingerprint density at radius 2 is 2.08 bits per heavy atom. The first kappa shape index (κ1) is 21.5. The van der Waals surface area contributed by atoms with Gasteiger partial charge in [-0.25, -0.2) is 4.79 Å². The van der Waals surface area contributed by atoms with Crippen molar-refractivity contribution in [1.29, 1.82) is 5.41 Å². The van der Waals surface area contributed by atoms with Crippen LogP contribution in [0.25, 0.3) is 0 Å². The van der Waals surface area contributed by atoms with Gasteiger partial charge in [-0.1, -0.05) is 37.2 Å². The Balaban J connectivity index is 3.36. The molecule has 0 saturated carbocycles. The van der Waals surface area contributed by atoms with E-state index in [2.05, 4.69) is 11.9 Å². The van der Waals surface area contributed by atoms with E-state index in [9.17, 15) is 4.79 Å². The van der Waals surface area contributed by atoms with E-state index in [-0.39, 0.29) is 12.2 Å². The molecule has 1 aromatic carbocycles. The summed E-state index contributed by atoms with van der Waals surface area (Å²) in [5.74, 6) is -0.0382. The van der Waals surface area contributed by atoms with Gasteiger partial charge in [0, 0.05) is 16.3 Å². The van der Waals surface area contributed by atoms with Gasteiger partial charge >= 0.3 is 5.97 Å². The second-order valence-electron chi connectivity index (χ2n) is 5.39. The third-order valence-electron chi connectivity index (χ3n) is 3.42. The number of carbonyl (C=O) groups is 1. The molecule has 0 aliphatic rings. The highest BCUT2D eigenvalue weighted by Crippen LogP contribution is 2.31. The van der Waals surface area contributed by atoms with Crippen LogP contribution in [0, 0.1) is 5.41 Å². The van der Waals surface area contributed by atoms with Gasteiger partial charge < -0.3 is 20.2 Å². The normalized spacial score (nSPS) is 11.7. The summed E-state index contributed by atoms with van der Waals surface area (Å²) in [4.78, 5) is 12.1. The Morgan fingerprint density at radius 1 is 1.38 bits per heavy atom. The fourth-order valence-electron chi connectivity index (χ4n) is 2.21. The Bertz CT molecular complexity index is 751. The van der Waals surface area contributed by atoms with Crippen molar-refractivity contribution in [1.82, 2.24) is 0 Å². The summed E-state index contributed by atoms with van der Waals surface area (Å²) in [7, 11) is 1.53. The van der Waals surface area contributed by atoms with Gasteiger partial charge in [-0.3, -0.25) is 0 Å². The fourth-order valence-corrected chi connectivity index (χ4v) is 2.48. The highest BCUT2D eigenvalue weighted by atomic mass is 35.5. The summed E-state index contributed by atoms with van der Waals surface area (Å²) < 4.78 is 10.5. The molecule has 0 heterocycles. The van der Waals surface area contributed by atoms with Crippen molar-refractivity contribution in [3.8, 4) is 5.75 Å². The molecule has 1 aromatic rings. The van der Waals surface area contributed by atoms with Crippen molar-refractivity contribution in [2.75, 3.05) is 19.0 Å². The molecule has 0 aliphatic carbocycles. The van der Waals surface area contributed by atoms with E-state index < -0.39 is 5.97 Å². The van der Waals surface area contributed by atoms with Crippen molar-refractivity contribution >= 4 is 29.0 Å². The molecule has 5 nitrogen and oxygen atoms in total. The highest BCUT2D eigenvalue weighted by Gasteiger charge is 2.17. The molecule has 6 heteroatoms. The van der Waals surface area contributed by atoms with Crippen molar-refractivity contribution in [2.45, 2.75) is 27.2 Å². The molecule has 0 saturated heterocycles. The predicted octanol–water partition coefficient (Wildman–Crippen LogP) is 5.03. The largest absolute Gasteiger partial charge is 0.494 e. The molecule has 0 fully saturated rings. The lowest BCUT2D eigenvalue weighted by Gasteiger charge is -2.17. The highest BCUT2D eigenvalue weighted by molar-refractivity contribution is 6.31. The number of rotatable bonds is 9. The molecule has 2 N–H and O–H groups in total.